The Hall–Kier alpha value is -2.41. The van der Waals surface area contributed by atoms with Gasteiger partial charge in [0.15, 0.2) is 0 Å². The summed E-state index contributed by atoms with van der Waals surface area (Å²) in [6.07, 6.45) is 0. The highest BCUT2D eigenvalue weighted by molar-refractivity contribution is 7.90. The number of sulfonamides is 1. The summed E-state index contributed by atoms with van der Waals surface area (Å²) >= 11 is 0. The van der Waals surface area contributed by atoms with Crippen LogP contribution in [-0.4, -0.2) is 14.3 Å². The summed E-state index contributed by atoms with van der Waals surface area (Å²) in [6, 6.07) is 10.1. The van der Waals surface area contributed by atoms with Crippen molar-refractivity contribution in [3.05, 3.63) is 53.8 Å². The van der Waals surface area contributed by atoms with E-state index in [0.29, 0.717) is 5.56 Å². The third-order valence-corrected chi connectivity index (χ3v) is 4.10. The van der Waals surface area contributed by atoms with E-state index >= 15 is 0 Å². The van der Waals surface area contributed by atoms with Crippen LogP contribution in [-0.2, 0) is 10.0 Å². The maximum Gasteiger partial charge on any atom is 0.286 e. The van der Waals surface area contributed by atoms with Crippen LogP contribution < -0.4 is 10.5 Å². The van der Waals surface area contributed by atoms with Gasteiger partial charge in [0.25, 0.3) is 10.0 Å². The molecule has 20 heavy (non-hydrogen) atoms. The predicted molar refractivity (Wildman–Crippen MR) is 71.6 cm³/mol. The van der Waals surface area contributed by atoms with E-state index < -0.39 is 15.8 Å². The first kappa shape index (κ1) is 12.6. The molecule has 0 unspecified atom stereocenters. The Bertz CT molecular complexity index is 831. The first-order valence-electron chi connectivity index (χ1n) is 5.64. The molecule has 0 spiro atoms. The predicted octanol–water partition coefficient (Wildman–Crippen LogP) is 1.94. The molecule has 2 N–H and O–H groups in total. The lowest BCUT2D eigenvalue weighted by Crippen LogP contribution is -2.08. The summed E-state index contributed by atoms with van der Waals surface area (Å²) in [5, 5.41) is 0. The van der Waals surface area contributed by atoms with Crippen molar-refractivity contribution in [2.75, 3.05) is 5.73 Å². The molecular formula is C13H9FN2O3S. The summed E-state index contributed by atoms with van der Waals surface area (Å²) in [5.74, 6) is -0.593. The topological polar surface area (TPSA) is 81.8 Å². The first-order valence-corrected chi connectivity index (χ1v) is 7.08. The molecule has 1 aliphatic rings. The fourth-order valence-electron chi connectivity index (χ4n) is 1.83. The van der Waals surface area contributed by atoms with E-state index in [1.54, 1.807) is 18.2 Å². The molecule has 0 aromatic heterocycles. The van der Waals surface area contributed by atoms with Crippen molar-refractivity contribution in [1.29, 1.82) is 0 Å². The van der Waals surface area contributed by atoms with E-state index in [2.05, 4.69) is 4.40 Å². The minimum atomic E-state index is -3.75. The number of fused-ring (bicyclic) bond motifs is 1. The maximum absolute atomic E-state index is 13.3. The molecule has 0 saturated heterocycles. The van der Waals surface area contributed by atoms with Crippen molar-refractivity contribution in [2.45, 2.75) is 4.90 Å². The lowest BCUT2D eigenvalue weighted by molar-refractivity contribution is 0.542. The van der Waals surface area contributed by atoms with Gasteiger partial charge in [0.1, 0.15) is 16.5 Å². The van der Waals surface area contributed by atoms with Crippen LogP contribution in [0, 0.1) is 5.82 Å². The normalized spacial score (nSPS) is 15.6. The molecule has 7 heteroatoms. The number of rotatable bonds is 1. The highest BCUT2D eigenvalue weighted by atomic mass is 32.2. The van der Waals surface area contributed by atoms with E-state index in [9.17, 15) is 12.8 Å². The summed E-state index contributed by atoms with van der Waals surface area (Å²) < 4.78 is 45.9. The van der Waals surface area contributed by atoms with Crippen molar-refractivity contribution >= 4 is 21.6 Å². The first-order chi connectivity index (χ1) is 9.47. The summed E-state index contributed by atoms with van der Waals surface area (Å²) in [6.45, 7) is 0. The quantitative estimate of drug-likeness (QED) is 0.814. The van der Waals surface area contributed by atoms with Crippen molar-refractivity contribution in [3.63, 3.8) is 0 Å². The molecule has 2 aromatic rings. The van der Waals surface area contributed by atoms with Gasteiger partial charge in [-0.15, -0.1) is 4.40 Å². The Morgan fingerprint density at radius 3 is 2.65 bits per heavy atom. The van der Waals surface area contributed by atoms with Crippen LogP contribution in [0.4, 0.5) is 10.1 Å². The number of nitrogen functional groups attached to an aromatic ring is 1. The Morgan fingerprint density at radius 2 is 1.90 bits per heavy atom. The fourth-order valence-corrected chi connectivity index (χ4v) is 2.97. The second-order valence-corrected chi connectivity index (χ2v) is 5.73. The van der Waals surface area contributed by atoms with Gasteiger partial charge in [-0.2, -0.15) is 8.42 Å². The molecule has 0 bridgehead atoms. The van der Waals surface area contributed by atoms with E-state index in [1.165, 1.54) is 18.2 Å². The molecule has 0 fully saturated rings. The Kier molecular flexibility index (Phi) is 2.72. The van der Waals surface area contributed by atoms with Gasteiger partial charge in [0.2, 0.25) is 5.90 Å². The molecule has 3 rings (SSSR count). The molecule has 0 atom stereocenters. The van der Waals surface area contributed by atoms with Gasteiger partial charge in [0.05, 0.1) is 11.3 Å². The largest absolute Gasteiger partial charge is 0.438 e. The standard InChI is InChI=1S/C13H9FN2O3S/c14-10-7-8(5-6-11(10)15)19-13-9-3-1-2-4-12(9)20(17,18)16-13/h1-7H,15H2. The van der Waals surface area contributed by atoms with Gasteiger partial charge in [-0.3, -0.25) is 0 Å². The maximum atomic E-state index is 13.3. The Labute approximate surface area is 114 Å². The van der Waals surface area contributed by atoms with Gasteiger partial charge in [-0.1, -0.05) is 12.1 Å². The van der Waals surface area contributed by atoms with Crippen molar-refractivity contribution in [2.24, 2.45) is 4.40 Å². The van der Waals surface area contributed by atoms with E-state index in [4.69, 9.17) is 10.5 Å². The number of halogens is 1. The molecule has 1 heterocycles. The number of hydrogen-bond acceptors (Lipinski definition) is 4. The number of ether oxygens (including phenoxy) is 1. The van der Waals surface area contributed by atoms with Crippen molar-refractivity contribution in [1.82, 2.24) is 0 Å². The van der Waals surface area contributed by atoms with Gasteiger partial charge in [-0.05, 0) is 24.3 Å². The van der Waals surface area contributed by atoms with E-state index in [0.717, 1.165) is 6.07 Å². The zero-order valence-corrected chi connectivity index (χ0v) is 10.9. The average molecular weight is 292 g/mol. The fraction of sp³-hybridized carbons (Fsp3) is 0. The molecule has 0 amide bonds. The molecule has 0 radical (unpaired) electrons. The average Bonchev–Trinajstić information content (AvgIpc) is 2.66. The number of nitrogens with zero attached hydrogens (tertiary/aromatic N) is 1. The van der Waals surface area contributed by atoms with Crippen LogP contribution in [0.1, 0.15) is 5.56 Å². The monoisotopic (exact) mass is 292 g/mol. The molecule has 102 valence electrons. The minimum Gasteiger partial charge on any atom is -0.438 e. The van der Waals surface area contributed by atoms with Crippen molar-refractivity contribution < 1.29 is 17.5 Å². The third-order valence-electron chi connectivity index (χ3n) is 2.78. The highest BCUT2D eigenvalue weighted by Crippen LogP contribution is 2.28. The van der Waals surface area contributed by atoms with Crippen LogP contribution in [0.5, 0.6) is 5.75 Å². The van der Waals surface area contributed by atoms with Crippen LogP contribution >= 0.6 is 0 Å². The van der Waals surface area contributed by atoms with Crippen LogP contribution in [0.15, 0.2) is 51.8 Å². The van der Waals surface area contributed by atoms with Gasteiger partial charge < -0.3 is 10.5 Å². The summed E-state index contributed by atoms with van der Waals surface area (Å²) in [4.78, 5) is 0.0749. The lowest BCUT2D eigenvalue weighted by atomic mass is 10.2. The van der Waals surface area contributed by atoms with Gasteiger partial charge in [-0.25, -0.2) is 4.39 Å². The van der Waals surface area contributed by atoms with Crippen LogP contribution in [0.2, 0.25) is 0 Å². The zero-order valence-electron chi connectivity index (χ0n) is 10.1. The molecule has 1 aliphatic heterocycles. The minimum absolute atomic E-state index is 0.0151. The molecule has 5 nitrogen and oxygen atoms in total. The zero-order chi connectivity index (χ0) is 14.3. The molecular weight excluding hydrogens is 283 g/mol. The number of nitrogens with two attached hydrogens (primary N) is 1. The second-order valence-electron chi connectivity index (χ2n) is 4.15. The van der Waals surface area contributed by atoms with E-state index in [-0.39, 0.29) is 22.2 Å². The molecule has 0 saturated carbocycles. The van der Waals surface area contributed by atoms with E-state index in [1.807, 2.05) is 0 Å². The summed E-state index contributed by atoms with van der Waals surface area (Å²) in [7, 11) is -3.75. The Balaban J connectivity index is 2.02. The molecule has 2 aromatic carbocycles. The van der Waals surface area contributed by atoms with Crippen LogP contribution in [0.25, 0.3) is 0 Å². The third kappa shape index (κ3) is 2.01. The van der Waals surface area contributed by atoms with Crippen molar-refractivity contribution in [3.8, 4) is 5.75 Å². The SMILES string of the molecule is Nc1ccc(OC2=NS(=O)(=O)c3ccccc32)cc1F. The lowest BCUT2D eigenvalue weighted by Gasteiger charge is -2.06. The smallest absolute Gasteiger partial charge is 0.286 e. The Morgan fingerprint density at radius 1 is 1.15 bits per heavy atom. The number of hydrogen-bond donors (Lipinski definition) is 1. The van der Waals surface area contributed by atoms with Gasteiger partial charge >= 0.3 is 0 Å². The van der Waals surface area contributed by atoms with Gasteiger partial charge in [0, 0.05) is 6.07 Å². The summed E-state index contributed by atoms with van der Waals surface area (Å²) in [5.41, 5.74) is 5.70. The van der Waals surface area contributed by atoms with Crippen LogP contribution in [0.3, 0.4) is 0 Å². The highest BCUT2D eigenvalue weighted by Gasteiger charge is 2.30. The second kappa shape index (κ2) is 4.31. The number of benzene rings is 2. The molecule has 0 aliphatic carbocycles. The number of anilines is 1.